The highest BCUT2D eigenvalue weighted by Gasteiger charge is 2.40. The SMILES string of the molecule is CC(C)c1ccc(N2C(=O)NC(CC(=O)NCCc3c[nH]c4ccccc34)C2=O)cc1. The second kappa shape index (κ2) is 8.63. The first-order valence-electron chi connectivity index (χ1n) is 10.5. The third-order valence-electron chi connectivity index (χ3n) is 5.62. The lowest BCUT2D eigenvalue weighted by Gasteiger charge is -2.14. The van der Waals surface area contributed by atoms with Gasteiger partial charge in [0.15, 0.2) is 0 Å². The minimum atomic E-state index is -0.856. The number of fused-ring (bicyclic) bond motifs is 1. The van der Waals surface area contributed by atoms with Crippen LogP contribution in [0.25, 0.3) is 10.9 Å². The van der Waals surface area contributed by atoms with Crippen molar-refractivity contribution in [1.29, 1.82) is 0 Å². The number of urea groups is 1. The first-order valence-corrected chi connectivity index (χ1v) is 10.5. The van der Waals surface area contributed by atoms with Crippen molar-refractivity contribution in [3.05, 3.63) is 65.9 Å². The molecule has 3 N–H and O–H groups in total. The molecule has 1 aromatic heterocycles. The van der Waals surface area contributed by atoms with E-state index in [9.17, 15) is 14.4 Å². The van der Waals surface area contributed by atoms with Gasteiger partial charge in [-0.1, -0.05) is 44.2 Å². The van der Waals surface area contributed by atoms with Crippen molar-refractivity contribution in [3.8, 4) is 0 Å². The summed E-state index contributed by atoms with van der Waals surface area (Å²) in [5.74, 6) is -0.317. The van der Waals surface area contributed by atoms with Gasteiger partial charge in [-0.15, -0.1) is 0 Å². The van der Waals surface area contributed by atoms with E-state index in [4.69, 9.17) is 0 Å². The Morgan fingerprint density at radius 3 is 2.58 bits per heavy atom. The van der Waals surface area contributed by atoms with E-state index in [1.165, 1.54) is 0 Å². The van der Waals surface area contributed by atoms with Crippen LogP contribution in [0.5, 0.6) is 0 Å². The number of hydrogen-bond acceptors (Lipinski definition) is 3. The smallest absolute Gasteiger partial charge is 0.329 e. The third kappa shape index (κ3) is 4.30. The lowest BCUT2D eigenvalue weighted by atomic mass is 10.0. The first kappa shape index (κ1) is 20.7. The predicted octanol–water partition coefficient (Wildman–Crippen LogP) is 3.47. The molecule has 0 aliphatic carbocycles. The minimum absolute atomic E-state index is 0.0843. The monoisotopic (exact) mass is 418 g/mol. The summed E-state index contributed by atoms with van der Waals surface area (Å²) >= 11 is 0. The van der Waals surface area contributed by atoms with Gasteiger partial charge in [0.05, 0.1) is 12.1 Å². The van der Waals surface area contributed by atoms with Gasteiger partial charge in [-0.05, 0) is 41.7 Å². The van der Waals surface area contributed by atoms with Gasteiger partial charge in [0.25, 0.3) is 5.91 Å². The Labute approximate surface area is 180 Å². The van der Waals surface area contributed by atoms with E-state index in [0.29, 0.717) is 24.6 Å². The maximum absolute atomic E-state index is 12.7. The highest BCUT2D eigenvalue weighted by molar-refractivity contribution is 6.22. The number of benzene rings is 2. The maximum Gasteiger partial charge on any atom is 0.329 e. The van der Waals surface area contributed by atoms with E-state index in [1.807, 2.05) is 42.6 Å². The molecule has 0 spiro atoms. The number of nitrogens with one attached hydrogen (secondary N) is 3. The Kier molecular flexibility index (Phi) is 5.75. The number of rotatable bonds is 7. The average Bonchev–Trinajstić information content (AvgIpc) is 3.28. The Morgan fingerprint density at radius 2 is 1.84 bits per heavy atom. The van der Waals surface area contributed by atoms with Gasteiger partial charge < -0.3 is 15.6 Å². The molecule has 2 aromatic carbocycles. The number of imide groups is 1. The molecule has 3 aromatic rings. The molecule has 1 fully saturated rings. The van der Waals surface area contributed by atoms with Crippen LogP contribution < -0.4 is 15.5 Å². The van der Waals surface area contributed by atoms with Gasteiger partial charge in [0.2, 0.25) is 5.91 Å². The van der Waals surface area contributed by atoms with Crippen molar-refractivity contribution in [2.45, 2.75) is 38.6 Å². The van der Waals surface area contributed by atoms with Crippen LogP contribution in [-0.4, -0.2) is 35.4 Å². The molecule has 7 heteroatoms. The molecular weight excluding hydrogens is 392 g/mol. The Bertz CT molecular complexity index is 1120. The fraction of sp³-hybridized carbons (Fsp3) is 0.292. The highest BCUT2D eigenvalue weighted by atomic mass is 16.2. The zero-order valence-corrected chi connectivity index (χ0v) is 17.6. The molecule has 2 heterocycles. The molecule has 1 aliphatic heterocycles. The van der Waals surface area contributed by atoms with Crippen molar-refractivity contribution < 1.29 is 14.4 Å². The summed E-state index contributed by atoms with van der Waals surface area (Å²) in [4.78, 5) is 41.8. The largest absolute Gasteiger partial charge is 0.361 e. The molecule has 1 aliphatic rings. The minimum Gasteiger partial charge on any atom is -0.361 e. The van der Waals surface area contributed by atoms with Crippen molar-refractivity contribution in [3.63, 3.8) is 0 Å². The molecular formula is C24H26N4O3. The van der Waals surface area contributed by atoms with Crippen molar-refractivity contribution in [2.75, 3.05) is 11.4 Å². The van der Waals surface area contributed by atoms with Crippen LogP contribution in [-0.2, 0) is 16.0 Å². The number of nitrogens with zero attached hydrogens (tertiary/aromatic N) is 1. The molecule has 1 unspecified atom stereocenters. The standard InChI is InChI=1S/C24H26N4O3/c1-15(2)16-7-9-18(10-8-16)28-23(30)21(27-24(28)31)13-22(29)25-12-11-17-14-26-20-6-4-3-5-19(17)20/h3-10,14-15,21,26H,11-13H2,1-2H3,(H,25,29)(H,27,31). The van der Waals surface area contributed by atoms with E-state index in [1.54, 1.807) is 12.1 Å². The Hall–Kier alpha value is -3.61. The fourth-order valence-corrected chi connectivity index (χ4v) is 3.85. The van der Waals surface area contributed by atoms with Gasteiger partial charge in [-0.3, -0.25) is 9.59 Å². The van der Waals surface area contributed by atoms with Crippen LogP contribution in [0.4, 0.5) is 10.5 Å². The second-order valence-corrected chi connectivity index (χ2v) is 8.09. The second-order valence-electron chi connectivity index (χ2n) is 8.09. The van der Waals surface area contributed by atoms with Gasteiger partial charge in [0, 0.05) is 23.6 Å². The topological polar surface area (TPSA) is 94.3 Å². The lowest BCUT2D eigenvalue weighted by molar-refractivity contribution is -0.125. The number of aromatic nitrogens is 1. The quantitative estimate of drug-likeness (QED) is 0.513. The molecule has 4 amide bonds. The number of amides is 4. The highest BCUT2D eigenvalue weighted by Crippen LogP contribution is 2.24. The summed E-state index contributed by atoms with van der Waals surface area (Å²) in [7, 11) is 0. The van der Waals surface area contributed by atoms with E-state index in [-0.39, 0.29) is 12.3 Å². The molecule has 31 heavy (non-hydrogen) atoms. The van der Waals surface area contributed by atoms with E-state index >= 15 is 0 Å². The predicted molar refractivity (Wildman–Crippen MR) is 120 cm³/mol. The molecule has 160 valence electrons. The van der Waals surface area contributed by atoms with E-state index in [2.05, 4.69) is 29.5 Å². The molecule has 0 saturated carbocycles. The van der Waals surface area contributed by atoms with Crippen LogP contribution in [0.3, 0.4) is 0 Å². The van der Waals surface area contributed by atoms with Gasteiger partial charge in [-0.25, -0.2) is 9.69 Å². The van der Waals surface area contributed by atoms with Crippen LogP contribution in [0.15, 0.2) is 54.7 Å². The number of hydrogen-bond donors (Lipinski definition) is 3. The van der Waals surface area contributed by atoms with Crippen molar-refractivity contribution in [2.24, 2.45) is 0 Å². The third-order valence-corrected chi connectivity index (χ3v) is 5.62. The van der Waals surface area contributed by atoms with Gasteiger partial charge in [0.1, 0.15) is 6.04 Å². The Balaban J connectivity index is 1.32. The maximum atomic E-state index is 12.7. The van der Waals surface area contributed by atoms with Crippen LogP contribution >= 0.6 is 0 Å². The molecule has 4 rings (SSSR count). The summed E-state index contributed by atoms with van der Waals surface area (Å²) in [6.07, 6.45) is 2.54. The van der Waals surface area contributed by atoms with Crippen molar-refractivity contribution in [1.82, 2.24) is 15.6 Å². The first-order chi connectivity index (χ1) is 14.9. The van der Waals surface area contributed by atoms with E-state index < -0.39 is 18.0 Å². The van der Waals surface area contributed by atoms with Gasteiger partial charge in [-0.2, -0.15) is 0 Å². The average molecular weight is 418 g/mol. The van der Waals surface area contributed by atoms with Crippen LogP contribution in [0.1, 0.15) is 37.3 Å². The fourth-order valence-electron chi connectivity index (χ4n) is 3.85. The number of carbonyl (C=O) groups excluding carboxylic acids is 3. The molecule has 7 nitrogen and oxygen atoms in total. The number of carbonyl (C=O) groups is 3. The summed E-state index contributed by atoms with van der Waals surface area (Å²) in [6.45, 7) is 4.61. The zero-order valence-electron chi connectivity index (χ0n) is 17.6. The molecule has 0 radical (unpaired) electrons. The van der Waals surface area contributed by atoms with E-state index in [0.717, 1.165) is 26.9 Å². The summed E-state index contributed by atoms with van der Waals surface area (Å²) in [5.41, 5.74) is 3.82. The number of aromatic amines is 1. The Morgan fingerprint density at radius 1 is 1.10 bits per heavy atom. The normalized spacial score (nSPS) is 16.2. The summed E-state index contributed by atoms with van der Waals surface area (Å²) < 4.78 is 0. The molecule has 1 saturated heterocycles. The number of H-pyrrole nitrogens is 1. The summed E-state index contributed by atoms with van der Waals surface area (Å²) in [6, 6.07) is 14.0. The zero-order chi connectivity index (χ0) is 22.0. The van der Waals surface area contributed by atoms with Crippen LogP contribution in [0.2, 0.25) is 0 Å². The van der Waals surface area contributed by atoms with Crippen LogP contribution in [0, 0.1) is 0 Å². The number of anilines is 1. The van der Waals surface area contributed by atoms with Crippen molar-refractivity contribution >= 4 is 34.4 Å². The van der Waals surface area contributed by atoms with Gasteiger partial charge >= 0.3 is 6.03 Å². The number of para-hydroxylation sites is 1. The molecule has 0 bridgehead atoms. The molecule has 1 atom stereocenters. The lowest BCUT2D eigenvalue weighted by Crippen LogP contribution is -2.37. The summed E-state index contributed by atoms with van der Waals surface area (Å²) in [5, 5.41) is 6.60.